The highest BCUT2D eigenvalue weighted by molar-refractivity contribution is 5.95. The number of carbonyl (C=O) groups excluding carboxylic acids is 1. The van der Waals surface area contributed by atoms with Crippen LogP contribution in [-0.2, 0) is 13.1 Å². The second kappa shape index (κ2) is 7.23. The smallest absolute Gasteiger partial charge is 0.332 e. The fraction of sp³-hybridized carbons (Fsp3) is 0.261. The van der Waals surface area contributed by atoms with Gasteiger partial charge in [0.05, 0.1) is 0 Å². The Kier molecular flexibility index (Phi) is 4.50. The third kappa shape index (κ3) is 3.24. The third-order valence-electron chi connectivity index (χ3n) is 6.04. The van der Waals surface area contributed by atoms with Crippen molar-refractivity contribution < 1.29 is 14.3 Å². The number of halogens is 1. The zero-order valence-corrected chi connectivity index (χ0v) is 16.6. The van der Waals surface area contributed by atoms with Crippen LogP contribution < -0.4 is 11.2 Å². The first-order chi connectivity index (χ1) is 15.0. The number of fused-ring (bicyclic) bond motifs is 1. The quantitative estimate of drug-likeness (QED) is 0.700. The second-order valence-corrected chi connectivity index (χ2v) is 7.98. The van der Waals surface area contributed by atoms with Gasteiger partial charge in [-0.05, 0) is 29.7 Å². The van der Waals surface area contributed by atoms with E-state index in [-0.39, 0.29) is 43.1 Å². The molecule has 5 rings (SSSR count). The molecule has 1 N–H and O–H groups in total. The molecule has 7 nitrogen and oxygen atoms in total. The molecular weight excluding hydrogens is 401 g/mol. The van der Waals surface area contributed by atoms with Crippen LogP contribution in [0.3, 0.4) is 0 Å². The van der Waals surface area contributed by atoms with Gasteiger partial charge in [0, 0.05) is 31.6 Å². The van der Waals surface area contributed by atoms with Crippen molar-refractivity contribution in [2.75, 3.05) is 6.54 Å². The number of hydrogen-bond acceptors (Lipinski definition) is 4. The van der Waals surface area contributed by atoms with Crippen LogP contribution in [0, 0.1) is 5.82 Å². The van der Waals surface area contributed by atoms with E-state index in [2.05, 4.69) is 0 Å². The Hall–Kier alpha value is -3.68. The average Bonchev–Trinajstić information content (AvgIpc) is 3.56. The Bertz CT molecular complexity index is 1280. The van der Waals surface area contributed by atoms with E-state index in [4.69, 9.17) is 0 Å². The predicted octanol–water partition coefficient (Wildman–Crippen LogP) is 2.24. The number of carbonyl (C=O) groups is 1. The van der Waals surface area contributed by atoms with Crippen molar-refractivity contribution in [3.63, 3.8) is 0 Å². The summed E-state index contributed by atoms with van der Waals surface area (Å²) in [7, 11) is 0. The molecule has 1 amide bonds. The van der Waals surface area contributed by atoms with E-state index in [0.717, 1.165) is 10.1 Å². The maximum Gasteiger partial charge on any atom is 0.332 e. The van der Waals surface area contributed by atoms with Gasteiger partial charge in [-0.1, -0.05) is 42.5 Å². The van der Waals surface area contributed by atoms with Crippen molar-refractivity contribution in [1.29, 1.82) is 0 Å². The summed E-state index contributed by atoms with van der Waals surface area (Å²) in [6.07, 6.45) is 0.628. The van der Waals surface area contributed by atoms with Gasteiger partial charge in [0.2, 0.25) is 5.75 Å². The molecule has 0 saturated heterocycles. The van der Waals surface area contributed by atoms with Crippen molar-refractivity contribution in [2.24, 2.45) is 0 Å². The molecule has 1 saturated carbocycles. The van der Waals surface area contributed by atoms with Crippen molar-refractivity contribution in [2.45, 2.75) is 31.5 Å². The molecule has 1 fully saturated rings. The lowest BCUT2D eigenvalue weighted by atomic mass is 10.1. The first-order valence-electron chi connectivity index (χ1n) is 10.1. The molecule has 1 aliphatic heterocycles. The maximum atomic E-state index is 13.1. The number of amides is 1. The van der Waals surface area contributed by atoms with E-state index in [9.17, 15) is 23.9 Å². The lowest BCUT2D eigenvalue weighted by Gasteiger charge is -2.30. The molecule has 1 aromatic heterocycles. The molecule has 2 atom stereocenters. The van der Waals surface area contributed by atoms with Gasteiger partial charge in [-0.2, -0.15) is 0 Å². The fourth-order valence-electron chi connectivity index (χ4n) is 4.33. The molecule has 3 aromatic rings. The summed E-state index contributed by atoms with van der Waals surface area (Å²) in [5.74, 6) is -1.64. The van der Waals surface area contributed by atoms with Crippen LogP contribution in [0.15, 0.2) is 64.2 Å². The third-order valence-corrected chi connectivity index (χ3v) is 6.04. The number of benzene rings is 2. The van der Waals surface area contributed by atoms with E-state index in [0.29, 0.717) is 12.0 Å². The lowest BCUT2D eigenvalue weighted by molar-refractivity contribution is 0.0677. The molecule has 1 aliphatic carbocycles. The van der Waals surface area contributed by atoms with E-state index in [1.54, 1.807) is 12.1 Å². The Balaban J connectivity index is 1.48. The molecule has 31 heavy (non-hydrogen) atoms. The highest BCUT2D eigenvalue weighted by Gasteiger charge is 2.44. The first-order valence-corrected chi connectivity index (χ1v) is 10.1. The normalized spacial score (nSPS) is 19.9. The SMILES string of the molecule is O=C1c2c(O)c(=O)n([C@@H]3C[C@H]3c3ccccc3)c(=O)n2CCN1Cc1ccc(F)cc1. The molecule has 0 radical (unpaired) electrons. The van der Waals surface area contributed by atoms with Crippen LogP contribution >= 0.6 is 0 Å². The van der Waals surface area contributed by atoms with E-state index in [1.807, 2.05) is 30.3 Å². The highest BCUT2D eigenvalue weighted by atomic mass is 19.1. The monoisotopic (exact) mass is 421 g/mol. The number of hydrogen-bond donors (Lipinski definition) is 1. The molecule has 2 heterocycles. The minimum absolute atomic E-state index is 0.0268. The summed E-state index contributed by atoms with van der Waals surface area (Å²) in [6, 6.07) is 15.0. The van der Waals surface area contributed by atoms with Gasteiger partial charge < -0.3 is 10.0 Å². The Labute approximate surface area is 176 Å². The zero-order chi connectivity index (χ0) is 21.7. The van der Waals surface area contributed by atoms with Gasteiger partial charge in [0.25, 0.3) is 11.5 Å². The summed E-state index contributed by atoms with van der Waals surface area (Å²) >= 11 is 0. The van der Waals surface area contributed by atoms with Gasteiger partial charge in [-0.25, -0.2) is 9.18 Å². The van der Waals surface area contributed by atoms with Gasteiger partial charge in [0.1, 0.15) is 5.82 Å². The van der Waals surface area contributed by atoms with Crippen molar-refractivity contribution >= 4 is 5.91 Å². The standard InChI is InChI=1S/C23H20FN3O4/c24-16-8-6-14(7-9-16)13-25-10-11-26-19(21(25)29)20(28)22(30)27(23(26)31)18-12-17(18)15-4-2-1-3-5-15/h1-9,17-18,28H,10-13H2/t17-,18+/m0/s1. The van der Waals surface area contributed by atoms with Crippen LogP contribution in [0.5, 0.6) is 5.75 Å². The van der Waals surface area contributed by atoms with Crippen molar-refractivity contribution in [3.8, 4) is 5.75 Å². The predicted molar refractivity (Wildman–Crippen MR) is 111 cm³/mol. The number of aromatic nitrogens is 2. The molecular formula is C23H20FN3O4. The second-order valence-electron chi connectivity index (χ2n) is 7.98. The van der Waals surface area contributed by atoms with Gasteiger partial charge in [-0.15, -0.1) is 0 Å². The van der Waals surface area contributed by atoms with Gasteiger partial charge >= 0.3 is 5.69 Å². The molecule has 0 spiro atoms. The fourth-order valence-corrected chi connectivity index (χ4v) is 4.33. The molecule has 2 aliphatic rings. The summed E-state index contributed by atoms with van der Waals surface area (Å²) in [5, 5.41) is 10.6. The zero-order valence-electron chi connectivity index (χ0n) is 16.6. The van der Waals surface area contributed by atoms with Crippen LogP contribution in [0.25, 0.3) is 0 Å². The summed E-state index contributed by atoms with van der Waals surface area (Å²) in [5.41, 5.74) is 0.0498. The van der Waals surface area contributed by atoms with Crippen LogP contribution in [0.1, 0.15) is 40.0 Å². The van der Waals surface area contributed by atoms with E-state index in [1.165, 1.54) is 21.6 Å². The minimum atomic E-state index is -0.836. The number of rotatable bonds is 4. The van der Waals surface area contributed by atoms with Crippen molar-refractivity contribution in [1.82, 2.24) is 14.0 Å². The minimum Gasteiger partial charge on any atom is -0.501 e. The Morgan fingerprint density at radius 1 is 0.968 bits per heavy atom. The van der Waals surface area contributed by atoms with E-state index < -0.39 is 22.9 Å². The van der Waals surface area contributed by atoms with E-state index >= 15 is 0 Å². The highest BCUT2D eigenvalue weighted by Crippen LogP contribution is 2.50. The Morgan fingerprint density at radius 2 is 1.68 bits per heavy atom. The van der Waals surface area contributed by atoms with Gasteiger partial charge in [0.15, 0.2) is 5.69 Å². The lowest BCUT2D eigenvalue weighted by Crippen LogP contribution is -2.49. The first kappa shape index (κ1) is 19.3. The van der Waals surface area contributed by atoms with Crippen LogP contribution in [0.2, 0.25) is 0 Å². The van der Waals surface area contributed by atoms with Crippen LogP contribution in [0.4, 0.5) is 4.39 Å². The average molecular weight is 421 g/mol. The number of aromatic hydroxyl groups is 1. The van der Waals surface area contributed by atoms with Crippen molar-refractivity contribution in [3.05, 3.63) is 98.1 Å². The molecule has 2 aromatic carbocycles. The largest absolute Gasteiger partial charge is 0.501 e. The topological polar surface area (TPSA) is 84.5 Å². The van der Waals surface area contributed by atoms with Crippen LogP contribution in [-0.4, -0.2) is 31.6 Å². The molecule has 8 heteroatoms. The maximum absolute atomic E-state index is 13.1. The Morgan fingerprint density at radius 3 is 2.39 bits per heavy atom. The number of nitrogens with zero attached hydrogens (tertiary/aromatic N) is 3. The summed E-state index contributed by atoms with van der Waals surface area (Å²) < 4.78 is 15.4. The summed E-state index contributed by atoms with van der Waals surface area (Å²) in [6.45, 7) is 0.597. The molecule has 0 unspecified atom stereocenters. The summed E-state index contributed by atoms with van der Waals surface area (Å²) in [4.78, 5) is 40.4. The molecule has 158 valence electrons. The molecule has 0 bridgehead atoms. The van der Waals surface area contributed by atoms with Gasteiger partial charge in [-0.3, -0.25) is 18.7 Å².